The zero-order valence-electron chi connectivity index (χ0n) is 9.78. The van der Waals surface area contributed by atoms with Gasteiger partial charge in [-0.3, -0.25) is 4.79 Å². The number of methoxy groups -OCH3 is 2. The van der Waals surface area contributed by atoms with Crippen molar-refractivity contribution in [1.29, 1.82) is 0 Å². The van der Waals surface area contributed by atoms with Crippen LogP contribution >= 0.6 is 11.8 Å². The van der Waals surface area contributed by atoms with Gasteiger partial charge in [-0.25, -0.2) is 0 Å². The van der Waals surface area contributed by atoms with Gasteiger partial charge in [0.1, 0.15) is 5.78 Å². The molecule has 0 unspecified atom stereocenters. The van der Waals surface area contributed by atoms with E-state index >= 15 is 0 Å². The Labute approximate surface area is 100 Å². The Morgan fingerprint density at radius 2 is 1.94 bits per heavy atom. The van der Waals surface area contributed by atoms with Gasteiger partial charge >= 0.3 is 0 Å². The average Bonchev–Trinajstić information content (AvgIpc) is 2.28. The number of benzene rings is 1. The van der Waals surface area contributed by atoms with E-state index in [1.165, 1.54) is 0 Å². The first-order chi connectivity index (χ1) is 7.67. The number of hydrogen-bond donors (Lipinski definition) is 0. The summed E-state index contributed by atoms with van der Waals surface area (Å²) in [4.78, 5) is 11.9. The van der Waals surface area contributed by atoms with Crippen LogP contribution in [0, 0.1) is 0 Å². The Morgan fingerprint density at radius 3 is 2.50 bits per heavy atom. The summed E-state index contributed by atoms with van der Waals surface area (Å²) in [6.45, 7) is 1.61. The molecule has 1 aromatic carbocycles. The third-order valence-corrected chi connectivity index (χ3v) is 3.07. The Bertz CT molecular complexity index is 363. The van der Waals surface area contributed by atoms with Crippen molar-refractivity contribution in [2.75, 3.05) is 20.0 Å². The van der Waals surface area contributed by atoms with Gasteiger partial charge in [0, 0.05) is 17.1 Å². The van der Waals surface area contributed by atoms with Crippen LogP contribution < -0.4 is 9.47 Å². The molecule has 0 atom stereocenters. The lowest BCUT2D eigenvalue weighted by molar-refractivity contribution is -0.116. The van der Waals surface area contributed by atoms with Crippen LogP contribution in [0.5, 0.6) is 11.5 Å². The molecule has 0 heterocycles. The molecule has 88 valence electrons. The van der Waals surface area contributed by atoms with E-state index in [0.717, 1.165) is 22.1 Å². The van der Waals surface area contributed by atoms with Crippen molar-refractivity contribution >= 4 is 17.5 Å². The van der Waals surface area contributed by atoms with E-state index in [4.69, 9.17) is 9.47 Å². The summed E-state index contributed by atoms with van der Waals surface area (Å²) in [5, 5.41) is 0. The van der Waals surface area contributed by atoms with Crippen molar-refractivity contribution in [3.63, 3.8) is 0 Å². The minimum atomic E-state index is 0.216. The molecule has 1 aromatic rings. The highest BCUT2D eigenvalue weighted by Crippen LogP contribution is 2.31. The van der Waals surface area contributed by atoms with Crippen molar-refractivity contribution in [3.05, 3.63) is 18.2 Å². The molecule has 0 saturated heterocycles. The lowest BCUT2D eigenvalue weighted by atomic mass is 10.3. The molecule has 1 rings (SSSR count). The fourth-order valence-corrected chi connectivity index (χ4v) is 2.20. The Balaban J connectivity index is 2.64. The predicted molar refractivity (Wildman–Crippen MR) is 65.6 cm³/mol. The zero-order chi connectivity index (χ0) is 12.0. The maximum Gasteiger partial charge on any atom is 0.161 e. The molecule has 0 aliphatic heterocycles. The zero-order valence-corrected chi connectivity index (χ0v) is 10.6. The summed E-state index contributed by atoms with van der Waals surface area (Å²) >= 11 is 1.64. The van der Waals surface area contributed by atoms with E-state index in [0.29, 0.717) is 6.42 Å². The molecule has 0 radical (unpaired) electrons. The highest BCUT2D eigenvalue weighted by Gasteiger charge is 2.05. The van der Waals surface area contributed by atoms with Gasteiger partial charge < -0.3 is 9.47 Å². The van der Waals surface area contributed by atoms with Crippen LogP contribution in [-0.2, 0) is 4.79 Å². The minimum Gasteiger partial charge on any atom is -0.493 e. The average molecular weight is 240 g/mol. The molecule has 0 aromatic heterocycles. The predicted octanol–water partition coefficient (Wildman–Crippen LogP) is 2.78. The van der Waals surface area contributed by atoms with Crippen LogP contribution in [0.15, 0.2) is 23.1 Å². The first kappa shape index (κ1) is 12.9. The van der Waals surface area contributed by atoms with Gasteiger partial charge in [0.05, 0.1) is 14.2 Å². The quantitative estimate of drug-likeness (QED) is 0.716. The van der Waals surface area contributed by atoms with Crippen LogP contribution in [0.25, 0.3) is 0 Å². The molecule has 0 fully saturated rings. The number of rotatable bonds is 6. The monoisotopic (exact) mass is 240 g/mol. The molecule has 0 amide bonds. The number of thioether (sulfide) groups is 1. The second-order valence-corrected chi connectivity index (χ2v) is 4.49. The van der Waals surface area contributed by atoms with E-state index in [1.807, 2.05) is 18.2 Å². The molecule has 16 heavy (non-hydrogen) atoms. The molecule has 3 nitrogen and oxygen atoms in total. The lowest BCUT2D eigenvalue weighted by Gasteiger charge is -2.08. The van der Waals surface area contributed by atoms with Crippen molar-refractivity contribution in [2.24, 2.45) is 0 Å². The molecular weight excluding hydrogens is 224 g/mol. The van der Waals surface area contributed by atoms with Gasteiger partial charge in [-0.05, 0) is 25.1 Å². The number of carbonyl (C=O) groups excluding carboxylic acids is 1. The van der Waals surface area contributed by atoms with Gasteiger partial charge in [0.2, 0.25) is 0 Å². The van der Waals surface area contributed by atoms with Gasteiger partial charge in [0.15, 0.2) is 11.5 Å². The van der Waals surface area contributed by atoms with Gasteiger partial charge in [-0.2, -0.15) is 0 Å². The normalized spacial score (nSPS) is 9.94. The van der Waals surface area contributed by atoms with Gasteiger partial charge in [-0.1, -0.05) is 0 Å². The summed E-state index contributed by atoms with van der Waals surface area (Å²) in [6, 6.07) is 5.75. The van der Waals surface area contributed by atoms with Crippen LogP contribution in [0.1, 0.15) is 13.3 Å². The van der Waals surface area contributed by atoms with E-state index in [9.17, 15) is 4.79 Å². The summed E-state index contributed by atoms with van der Waals surface area (Å²) in [5.41, 5.74) is 0. The number of hydrogen-bond acceptors (Lipinski definition) is 4. The van der Waals surface area contributed by atoms with Crippen LogP contribution in [0.2, 0.25) is 0 Å². The number of Topliss-reactive ketones (excluding diaryl/α,β-unsaturated/α-hetero) is 1. The summed E-state index contributed by atoms with van der Waals surface area (Å²) in [5.74, 6) is 2.45. The third-order valence-electron chi connectivity index (χ3n) is 2.08. The summed E-state index contributed by atoms with van der Waals surface area (Å²) in [7, 11) is 3.22. The largest absolute Gasteiger partial charge is 0.493 e. The molecule has 0 saturated carbocycles. The SMILES string of the molecule is COc1ccc(SCCC(C)=O)cc1OC. The van der Waals surface area contributed by atoms with Crippen LogP contribution in [0.3, 0.4) is 0 Å². The molecule has 0 aliphatic rings. The molecule has 0 spiro atoms. The first-order valence-electron chi connectivity index (χ1n) is 5.01. The highest BCUT2D eigenvalue weighted by atomic mass is 32.2. The van der Waals surface area contributed by atoms with Crippen LogP contribution in [0.4, 0.5) is 0 Å². The number of ether oxygens (including phenoxy) is 2. The minimum absolute atomic E-state index is 0.216. The maximum atomic E-state index is 10.8. The fraction of sp³-hybridized carbons (Fsp3) is 0.417. The van der Waals surface area contributed by atoms with Crippen LogP contribution in [-0.4, -0.2) is 25.8 Å². The lowest BCUT2D eigenvalue weighted by Crippen LogP contribution is -1.93. The van der Waals surface area contributed by atoms with Crippen molar-refractivity contribution in [1.82, 2.24) is 0 Å². The second-order valence-electron chi connectivity index (χ2n) is 3.32. The smallest absolute Gasteiger partial charge is 0.161 e. The van der Waals surface area contributed by atoms with Gasteiger partial charge in [-0.15, -0.1) is 11.8 Å². The first-order valence-corrected chi connectivity index (χ1v) is 6.00. The summed E-state index contributed by atoms with van der Waals surface area (Å²) < 4.78 is 10.3. The Hall–Kier alpha value is -1.16. The number of carbonyl (C=O) groups is 1. The maximum absolute atomic E-state index is 10.8. The van der Waals surface area contributed by atoms with E-state index in [2.05, 4.69) is 0 Å². The Morgan fingerprint density at radius 1 is 1.25 bits per heavy atom. The van der Waals surface area contributed by atoms with E-state index < -0.39 is 0 Å². The molecular formula is C12H16O3S. The topological polar surface area (TPSA) is 35.5 Å². The second kappa shape index (κ2) is 6.43. The highest BCUT2D eigenvalue weighted by molar-refractivity contribution is 7.99. The molecule has 0 aliphatic carbocycles. The molecule has 0 N–H and O–H groups in total. The van der Waals surface area contributed by atoms with Crippen molar-refractivity contribution in [3.8, 4) is 11.5 Å². The Kier molecular flexibility index (Phi) is 5.19. The van der Waals surface area contributed by atoms with E-state index in [1.54, 1.807) is 32.9 Å². The fourth-order valence-electron chi connectivity index (χ4n) is 1.22. The van der Waals surface area contributed by atoms with Crippen molar-refractivity contribution in [2.45, 2.75) is 18.2 Å². The standard InChI is InChI=1S/C12H16O3S/c1-9(13)6-7-16-10-4-5-11(14-2)12(8-10)15-3/h4-5,8H,6-7H2,1-3H3. The third kappa shape index (κ3) is 3.77. The van der Waals surface area contributed by atoms with Gasteiger partial charge in [0.25, 0.3) is 0 Å². The summed E-state index contributed by atoms with van der Waals surface area (Å²) in [6.07, 6.45) is 0.596. The number of ketones is 1. The van der Waals surface area contributed by atoms with E-state index in [-0.39, 0.29) is 5.78 Å². The van der Waals surface area contributed by atoms with Crippen molar-refractivity contribution < 1.29 is 14.3 Å². The molecule has 0 bridgehead atoms. The molecule has 4 heteroatoms.